The van der Waals surface area contributed by atoms with Gasteiger partial charge in [0.2, 0.25) is 5.91 Å². The Balaban J connectivity index is 2.23. The van der Waals surface area contributed by atoms with Crippen molar-refractivity contribution in [2.24, 2.45) is 0 Å². The Hall–Kier alpha value is -1.59. The van der Waals surface area contributed by atoms with Gasteiger partial charge in [-0.05, 0) is 44.6 Å². The van der Waals surface area contributed by atoms with E-state index in [1.165, 1.54) is 0 Å². The van der Waals surface area contributed by atoms with Gasteiger partial charge in [0.05, 0.1) is 6.61 Å². The quantitative estimate of drug-likeness (QED) is 0.513. The highest BCUT2D eigenvalue weighted by molar-refractivity contribution is 5.91. The number of nitrogens with zero attached hydrogens (tertiary/aromatic N) is 1. The Labute approximate surface area is 127 Å². The maximum Gasteiger partial charge on any atom is 0.224 e. The maximum atomic E-state index is 11.9. The van der Waals surface area contributed by atoms with E-state index < -0.39 is 0 Å². The van der Waals surface area contributed by atoms with Crippen LogP contribution >= 0.6 is 0 Å². The second-order valence-electron chi connectivity index (χ2n) is 4.91. The zero-order valence-electron chi connectivity index (χ0n) is 13.1. The minimum absolute atomic E-state index is 0.0291. The number of nitrogens with one attached hydrogen (secondary N) is 1. The molecule has 1 aromatic rings. The molecule has 1 rings (SSSR count). The van der Waals surface area contributed by atoms with E-state index in [9.17, 15) is 4.79 Å². The SMILES string of the molecule is CCOCCN(CC)CCCC(=O)Nc1cccc(N)c1. The lowest BCUT2D eigenvalue weighted by atomic mass is 10.2. The van der Waals surface area contributed by atoms with Crippen LogP contribution in [0.3, 0.4) is 0 Å². The monoisotopic (exact) mass is 293 g/mol. The average molecular weight is 293 g/mol. The molecule has 118 valence electrons. The van der Waals surface area contributed by atoms with E-state index in [0.717, 1.165) is 45.0 Å². The van der Waals surface area contributed by atoms with Crippen LogP contribution in [0.4, 0.5) is 11.4 Å². The summed E-state index contributed by atoms with van der Waals surface area (Å²) in [6, 6.07) is 7.23. The van der Waals surface area contributed by atoms with Crippen molar-refractivity contribution in [3.05, 3.63) is 24.3 Å². The van der Waals surface area contributed by atoms with Gasteiger partial charge in [-0.1, -0.05) is 13.0 Å². The number of ether oxygens (including phenoxy) is 1. The number of hydrogen-bond acceptors (Lipinski definition) is 4. The molecule has 1 amide bonds. The fourth-order valence-electron chi connectivity index (χ4n) is 2.07. The first-order chi connectivity index (χ1) is 10.2. The summed E-state index contributed by atoms with van der Waals surface area (Å²) < 4.78 is 5.35. The van der Waals surface area contributed by atoms with Crippen LogP contribution in [0.15, 0.2) is 24.3 Å². The third-order valence-electron chi connectivity index (χ3n) is 3.25. The minimum atomic E-state index is 0.0291. The van der Waals surface area contributed by atoms with E-state index >= 15 is 0 Å². The van der Waals surface area contributed by atoms with Gasteiger partial charge in [-0.15, -0.1) is 0 Å². The molecule has 0 aliphatic rings. The summed E-state index contributed by atoms with van der Waals surface area (Å²) in [5.74, 6) is 0.0291. The molecular formula is C16H27N3O2. The molecule has 0 radical (unpaired) electrons. The van der Waals surface area contributed by atoms with Crippen molar-refractivity contribution in [1.82, 2.24) is 4.90 Å². The van der Waals surface area contributed by atoms with Gasteiger partial charge in [0.15, 0.2) is 0 Å². The van der Waals surface area contributed by atoms with Gasteiger partial charge in [-0.3, -0.25) is 4.79 Å². The molecule has 0 unspecified atom stereocenters. The number of carbonyl (C=O) groups excluding carboxylic acids is 1. The van der Waals surface area contributed by atoms with Gasteiger partial charge in [0.1, 0.15) is 0 Å². The summed E-state index contributed by atoms with van der Waals surface area (Å²) in [5, 5.41) is 2.86. The standard InChI is InChI=1S/C16H27N3O2/c1-3-19(11-12-21-4-2)10-6-9-16(20)18-15-8-5-7-14(17)13-15/h5,7-8,13H,3-4,6,9-12,17H2,1-2H3,(H,18,20). The average Bonchev–Trinajstić information content (AvgIpc) is 2.45. The Morgan fingerprint density at radius 3 is 2.81 bits per heavy atom. The fraction of sp³-hybridized carbons (Fsp3) is 0.562. The molecule has 0 saturated carbocycles. The number of likely N-dealkylation sites (N-methyl/N-ethyl adjacent to an activating group) is 1. The van der Waals surface area contributed by atoms with Gasteiger partial charge < -0.3 is 20.7 Å². The molecule has 5 nitrogen and oxygen atoms in total. The third-order valence-corrected chi connectivity index (χ3v) is 3.25. The van der Waals surface area contributed by atoms with E-state index in [1.54, 1.807) is 12.1 Å². The lowest BCUT2D eigenvalue weighted by Crippen LogP contribution is -2.29. The molecule has 5 heteroatoms. The highest BCUT2D eigenvalue weighted by atomic mass is 16.5. The summed E-state index contributed by atoms with van der Waals surface area (Å²) in [6.07, 6.45) is 1.36. The molecular weight excluding hydrogens is 266 g/mol. The number of anilines is 2. The molecule has 0 aromatic heterocycles. The van der Waals surface area contributed by atoms with E-state index in [4.69, 9.17) is 10.5 Å². The fourth-order valence-corrected chi connectivity index (χ4v) is 2.07. The third kappa shape index (κ3) is 7.68. The lowest BCUT2D eigenvalue weighted by molar-refractivity contribution is -0.116. The van der Waals surface area contributed by atoms with Gasteiger partial charge in [-0.2, -0.15) is 0 Å². The van der Waals surface area contributed by atoms with Crippen LogP contribution in [-0.4, -0.2) is 43.7 Å². The summed E-state index contributed by atoms with van der Waals surface area (Å²) >= 11 is 0. The number of rotatable bonds is 10. The van der Waals surface area contributed by atoms with Crippen LogP contribution in [0.25, 0.3) is 0 Å². The molecule has 1 aromatic carbocycles. The van der Waals surface area contributed by atoms with Gasteiger partial charge in [0.25, 0.3) is 0 Å². The smallest absolute Gasteiger partial charge is 0.224 e. The minimum Gasteiger partial charge on any atom is -0.399 e. The Morgan fingerprint density at radius 1 is 1.33 bits per heavy atom. The normalized spacial score (nSPS) is 10.8. The molecule has 0 heterocycles. The molecule has 0 saturated heterocycles. The second kappa shape index (κ2) is 10.2. The van der Waals surface area contributed by atoms with Crippen LogP contribution in [-0.2, 0) is 9.53 Å². The first-order valence-electron chi connectivity index (χ1n) is 7.61. The molecule has 0 bridgehead atoms. The largest absolute Gasteiger partial charge is 0.399 e. The predicted octanol–water partition coefficient (Wildman–Crippen LogP) is 2.35. The summed E-state index contributed by atoms with van der Waals surface area (Å²) in [5.41, 5.74) is 7.09. The summed E-state index contributed by atoms with van der Waals surface area (Å²) in [7, 11) is 0. The maximum absolute atomic E-state index is 11.9. The first-order valence-corrected chi connectivity index (χ1v) is 7.61. The van der Waals surface area contributed by atoms with Crippen molar-refractivity contribution in [2.75, 3.05) is 43.9 Å². The van der Waals surface area contributed by atoms with E-state index in [1.807, 2.05) is 19.1 Å². The van der Waals surface area contributed by atoms with Crippen LogP contribution in [0.2, 0.25) is 0 Å². The number of benzene rings is 1. The highest BCUT2D eigenvalue weighted by Gasteiger charge is 2.06. The number of hydrogen-bond donors (Lipinski definition) is 2. The molecule has 0 fully saturated rings. The van der Waals surface area contributed by atoms with E-state index in [0.29, 0.717) is 12.1 Å². The zero-order chi connectivity index (χ0) is 15.5. The van der Waals surface area contributed by atoms with E-state index in [-0.39, 0.29) is 5.91 Å². The Bertz CT molecular complexity index is 424. The Kier molecular flexibility index (Phi) is 8.47. The lowest BCUT2D eigenvalue weighted by Gasteiger charge is -2.19. The van der Waals surface area contributed by atoms with Crippen molar-refractivity contribution < 1.29 is 9.53 Å². The topological polar surface area (TPSA) is 67.6 Å². The van der Waals surface area contributed by atoms with Crippen LogP contribution in [0.1, 0.15) is 26.7 Å². The molecule has 0 spiro atoms. The van der Waals surface area contributed by atoms with Gasteiger partial charge in [0, 0.05) is 30.9 Å². The van der Waals surface area contributed by atoms with Crippen molar-refractivity contribution in [3.8, 4) is 0 Å². The van der Waals surface area contributed by atoms with Crippen molar-refractivity contribution in [3.63, 3.8) is 0 Å². The number of nitrogens with two attached hydrogens (primary N) is 1. The molecule has 0 atom stereocenters. The van der Waals surface area contributed by atoms with E-state index in [2.05, 4.69) is 17.1 Å². The number of carbonyl (C=O) groups is 1. The highest BCUT2D eigenvalue weighted by Crippen LogP contribution is 2.12. The van der Waals surface area contributed by atoms with Crippen molar-refractivity contribution in [1.29, 1.82) is 0 Å². The number of nitrogen functional groups attached to an aromatic ring is 1. The molecule has 21 heavy (non-hydrogen) atoms. The molecule has 3 N–H and O–H groups in total. The molecule has 0 aliphatic carbocycles. The number of amides is 1. The van der Waals surface area contributed by atoms with Crippen LogP contribution in [0, 0.1) is 0 Å². The van der Waals surface area contributed by atoms with Gasteiger partial charge in [-0.25, -0.2) is 0 Å². The zero-order valence-corrected chi connectivity index (χ0v) is 13.1. The Morgan fingerprint density at radius 2 is 2.14 bits per heavy atom. The van der Waals surface area contributed by atoms with Crippen molar-refractivity contribution in [2.45, 2.75) is 26.7 Å². The first kappa shape index (κ1) is 17.5. The van der Waals surface area contributed by atoms with Crippen LogP contribution < -0.4 is 11.1 Å². The summed E-state index contributed by atoms with van der Waals surface area (Å²) in [4.78, 5) is 14.2. The van der Waals surface area contributed by atoms with Crippen LogP contribution in [0.5, 0.6) is 0 Å². The second-order valence-corrected chi connectivity index (χ2v) is 4.91. The molecule has 0 aliphatic heterocycles. The van der Waals surface area contributed by atoms with Gasteiger partial charge >= 0.3 is 0 Å². The summed E-state index contributed by atoms with van der Waals surface area (Å²) in [6.45, 7) is 8.43. The van der Waals surface area contributed by atoms with Crippen molar-refractivity contribution >= 4 is 17.3 Å². The predicted molar refractivity (Wildman–Crippen MR) is 87.3 cm³/mol.